The van der Waals surface area contributed by atoms with E-state index in [0.29, 0.717) is 6.42 Å². The molecule has 60 valence electrons. The van der Waals surface area contributed by atoms with Gasteiger partial charge >= 0.3 is 0 Å². The Morgan fingerprint density at radius 2 is 2.10 bits per heavy atom. The number of rotatable bonds is 3. The van der Waals surface area contributed by atoms with Gasteiger partial charge in [-0.2, -0.15) is 0 Å². The molecule has 10 heavy (non-hydrogen) atoms. The van der Waals surface area contributed by atoms with Crippen LogP contribution < -0.4 is 11.1 Å². The maximum atomic E-state index is 10.8. The highest BCUT2D eigenvalue weighted by Gasteiger charge is 2.10. The van der Waals surface area contributed by atoms with Gasteiger partial charge in [-0.3, -0.25) is 4.79 Å². The summed E-state index contributed by atoms with van der Waals surface area (Å²) in [6.45, 7) is 3.88. The molecular formula is C7H16N2O. The van der Waals surface area contributed by atoms with Gasteiger partial charge in [-0.1, -0.05) is 6.92 Å². The molecule has 2 atom stereocenters. The van der Waals surface area contributed by atoms with E-state index in [4.69, 9.17) is 5.73 Å². The van der Waals surface area contributed by atoms with Crippen molar-refractivity contribution in [2.75, 3.05) is 7.05 Å². The summed E-state index contributed by atoms with van der Waals surface area (Å²) in [5, 5.41) is 2.56. The summed E-state index contributed by atoms with van der Waals surface area (Å²) in [4.78, 5) is 10.8. The Morgan fingerprint density at radius 3 is 2.40 bits per heavy atom. The monoisotopic (exact) mass is 144 g/mol. The SMILES string of the molecule is CNC(=O)CC(C)C(C)N. The third-order valence-electron chi connectivity index (χ3n) is 1.68. The Bertz CT molecular complexity index is 112. The summed E-state index contributed by atoms with van der Waals surface area (Å²) in [6, 6.07) is 0.0947. The highest BCUT2D eigenvalue weighted by Crippen LogP contribution is 2.04. The Labute approximate surface area is 62.0 Å². The van der Waals surface area contributed by atoms with Gasteiger partial charge in [-0.15, -0.1) is 0 Å². The quantitative estimate of drug-likeness (QED) is 0.590. The highest BCUT2D eigenvalue weighted by molar-refractivity contribution is 5.75. The van der Waals surface area contributed by atoms with Crippen LogP contribution in [0.15, 0.2) is 0 Å². The van der Waals surface area contributed by atoms with E-state index in [0.717, 1.165) is 0 Å². The van der Waals surface area contributed by atoms with Crippen LogP contribution in [-0.4, -0.2) is 19.0 Å². The van der Waals surface area contributed by atoms with Gasteiger partial charge in [-0.05, 0) is 12.8 Å². The van der Waals surface area contributed by atoms with Crippen molar-refractivity contribution in [1.29, 1.82) is 0 Å². The summed E-state index contributed by atoms with van der Waals surface area (Å²) in [5.74, 6) is 0.324. The van der Waals surface area contributed by atoms with Crippen LogP contribution in [0.25, 0.3) is 0 Å². The van der Waals surface area contributed by atoms with Crippen LogP contribution in [-0.2, 0) is 4.79 Å². The Kier molecular flexibility index (Phi) is 4.03. The van der Waals surface area contributed by atoms with Crippen LogP contribution >= 0.6 is 0 Å². The van der Waals surface area contributed by atoms with Gasteiger partial charge < -0.3 is 11.1 Å². The third-order valence-corrected chi connectivity index (χ3v) is 1.68. The van der Waals surface area contributed by atoms with Gasteiger partial charge in [0.05, 0.1) is 0 Å². The number of carbonyl (C=O) groups is 1. The van der Waals surface area contributed by atoms with Crippen LogP contribution in [0.1, 0.15) is 20.3 Å². The van der Waals surface area contributed by atoms with E-state index in [1.165, 1.54) is 0 Å². The fourth-order valence-corrected chi connectivity index (χ4v) is 0.580. The van der Waals surface area contributed by atoms with Crippen LogP contribution in [0.2, 0.25) is 0 Å². The number of nitrogens with two attached hydrogens (primary N) is 1. The van der Waals surface area contributed by atoms with Crippen LogP contribution in [0, 0.1) is 5.92 Å². The molecule has 3 heteroatoms. The van der Waals surface area contributed by atoms with Crippen molar-refractivity contribution >= 4 is 5.91 Å². The minimum absolute atomic E-state index is 0.0600. The fourth-order valence-electron chi connectivity index (χ4n) is 0.580. The number of hydrogen-bond acceptors (Lipinski definition) is 2. The Morgan fingerprint density at radius 1 is 1.60 bits per heavy atom. The third kappa shape index (κ3) is 3.45. The smallest absolute Gasteiger partial charge is 0.220 e. The first-order valence-electron chi connectivity index (χ1n) is 3.54. The normalized spacial score (nSPS) is 16.0. The second-order valence-corrected chi connectivity index (χ2v) is 2.71. The molecule has 0 aliphatic heterocycles. The molecule has 0 spiro atoms. The molecule has 0 aromatic heterocycles. The Hall–Kier alpha value is -0.570. The van der Waals surface area contributed by atoms with E-state index in [2.05, 4.69) is 5.32 Å². The molecule has 0 heterocycles. The summed E-state index contributed by atoms with van der Waals surface area (Å²) in [7, 11) is 1.64. The summed E-state index contributed by atoms with van der Waals surface area (Å²) >= 11 is 0. The largest absolute Gasteiger partial charge is 0.359 e. The van der Waals surface area contributed by atoms with E-state index >= 15 is 0 Å². The number of amides is 1. The summed E-state index contributed by atoms with van der Waals surface area (Å²) in [6.07, 6.45) is 0.522. The van der Waals surface area contributed by atoms with Gasteiger partial charge in [0.25, 0.3) is 0 Å². The molecule has 0 rings (SSSR count). The molecule has 0 fully saturated rings. The average Bonchev–Trinajstić information content (AvgIpc) is 1.87. The minimum Gasteiger partial charge on any atom is -0.359 e. The zero-order chi connectivity index (χ0) is 8.15. The van der Waals surface area contributed by atoms with Crippen molar-refractivity contribution in [3.05, 3.63) is 0 Å². The molecule has 1 amide bonds. The molecule has 0 bridgehead atoms. The van der Waals surface area contributed by atoms with Crippen molar-refractivity contribution < 1.29 is 4.79 Å². The van der Waals surface area contributed by atoms with E-state index < -0.39 is 0 Å². The standard InChI is InChI=1S/C7H16N2O/c1-5(6(2)8)4-7(10)9-3/h5-6H,4,8H2,1-3H3,(H,9,10). The molecule has 0 aromatic carbocycles. The lowest BCUT2D eigenvalue weighted by atomic mass is 10.0. The first-order valence-corrected chi connectivity index (χ1v) is 3.54. The molecule has 0 radical (unpaired) electrons. The molecule has 0 aromatic rings. The predicted molar refractivity (Wildman–Crippen MR) is 41.5 cm³/mol. The lowest BCUT2D eigenvalue weighted by Crippen LogP contribution is -2.29. The van der Waals surface area contributed by atoms with Gasteiger partial charge in [0.1, 0.15) is 0 Å². The van der Waals surface area contributed by atoms with Crippen LogP contribution in [0.3, 0.4) is 0 Å². The van der Waals surface area contributed by atoms with E-state index in [9.17, 15) is 4.79 Å². The van der Waals surface area contributed by atoms with Crippen LogP contribution in [0.5, 0.6) is 0 Å². The van der Waals surface area contributed by atoms with Gasteiger partial charge in [0.15, 0.2) is 0 Å². The maximum absolute atomic E-state index is 10.8. The molecule has 0 saturated carbocycles. The van der Waals surface area contributed by atoms with Gasteiger partial charge in [-0.25, -0.2) is 0 Å². The maximum Gasteiger partial charge on any atom is 0.220 e. The molecule has 3 nitrogen and oxygen atoms in total. The van der Waals surface area contributed by atoms with E-state index in [-0.39, 0.29) is 17.9 Å². The van der Waals surface area contributed by atoms with Crippen molar-refractivity contribution in [3.63, 3.8) is 0 Å². The minimum atomic E-state index is 0.0600. The second kappa shape index (κ2) is 4.28. The number of hydrogen-bond donors (Lipinski definition) is 2. The topological polar surface area (TPSA) is 55.1 Å². The fraction of sp³-hybridized carbons (Fsp3) is 0.857. The Balaban J connectivity index is 3.57. The first kappa shape index (κ1) is 9.43. The molecule has 2 unspecified atom stereocenters. The first-order chi connectivity index (χ1) is 4.57. The summed E-state index contributed by atoms with van der Waals surface area (Å²) < 4.78 is 0. The molecule has 3 N–H and O–H groups in total. The van der Waals surface area contributed by atoms with Crippen molar-refractivity contribution in [2.45, 2.75) is 26.3 Å². The molecular weight excluding hydrogens is 128 g/mol. The average molecular weight is 144 g/mol. The predicted octanol–water partition coefficient (Wildman–Crippen LogP) is 0.106. The molecule has 0 aliphatic carbocycles. The number of nitrogens with one attached hydrogen (secondary N) is 1. The zero-order valence-electron chi connectivity index (χ0n) is 6.85. The van der Waals surface area contributed by atoms with Crippen LogP contribution in [0.4, 0.5) is 0 Å². The van der Waals surface area contributed by atoms with E-state index in [1.807, 2.05) is 13.8 Å². The molecule has 0 aliphatic rings. The van der Waals surface area contributed by atoms with Gasteiger partial charge in [0, 0.05) is 19.5 Å². The second-order valence-electron chi connectivity index (χ2n) is 2.71. The van der Waals surface area contributed by atoms with E-state index in [1.54, 1.807) is 7.05 Å². The zero-order valence-corrected chi connectivity index (χ0v) is 6.85. The molecule has 0 saturated heterocycles. The van der Waals surface area contributed by atoms with Crippen molar-refractivity contribution in [2.24, 2.45) is 11.7 Å². The van der Waals surface area contributed by atoms with Crippen molar-refractivity contribution in [3.8, 4) is 0 Å². The highest BCUT2D eigenvalue weighted by atomic mass is 16.1. The van der Waals surface area contributed by atoms with Crippen molar-refractivity contribution in [1.82, 2.24) is 5.32 Å². The van der Waals surface area contributed by atoms with Gasteiger partial charge in [0.2, 0.25) is 5.91 Å². The lowest BCUT2D eigenvalue weighted by molar-refractivity contribution is -0.121. The summed E-state index contributed by atoms with van der Waals surface area (Å²) in [5.41, 5.74) is 5.56. The number of carbonyl (C=O) groups excluding carboxylic acids is 1. The lowest BCUT2D eigenvalue weighted by Gasteiger charge is -2.13.